The lowest BCUT2D eigenvalue weighted by Crippen LogP contribution is -2.22. The number of para-hydroxylation sites is 3. The summed E-state index contributed by atoms with van der Waals surface area (Å²) in [7, 11) is 0. The third-order valence-corrected chi connectivity index (χ3v) is 4.09. The van der Waals surface area contributed by atoms with Crippen molar-refractivity contribution in [3.05, 3.63) is 64.9 Å². The minimum Gasteiger partial charge on any atom is -0.382 e. The number of fused-ring (bicyclic) bond motifs is 1. The SMILES string of the molecule is NC1=NN(c2ccccc2)C(=O)/C1=C\n1c(=S)[nH]c2ccccc21. The number of nitrogens with two attached hydrogens (primary N) is 1. The van der Waals surface area contributed by atoms with Crippen molar-refractivity contribution in [3.8, 4) is 0 Å². The summed E-state index contributed by atoms with van der Waals surface area (Å²) in [5.74, 6) is -0.123. The van der Waals surface area contributed by atoms with E-state index in [-0.39, 0.29) is 11.7 Å². The predicted molar refractivity (Wildman–Crippen MR) is 96.9 cm³/mol. The number of imidazole rings is 1. The third-order valence-electron chi connectivity index (χ3n) is 3.79. The molecule has 24 heavy (non-hydrogen) atoms. The van der Waals surface area contributed by atoms with Crippen LogP contribution in [-0.2, 0) is 4.79 Å². The second-order valence-electron chi connectivity index (χ2n) is 5.30. The van der Waals surface area contributed by atoms with Crippen LogP contribution in [0.1, 0.15) is 0 Å². The third kappa shape index (κ3) is 2.22. The smallest absolute Gasteiger partial charge is 0.284 e. The van der Waals surface area contributed by atoms with Crippen LogP contribution < -0.4 is 10.7 Å². The number of H-pyrrole nitrogens is 1. The lowest BCUT2D eigenvalue weighted by Gasteiger charge is -2.10. The largest absolute Gasteiger partial charge is 0.382 e. The van der Waals surface area contributed by atoms with E-state index in [1.807, 2.05) is 42.5 Å². The summed E-state index contributed by atoms with van der Waals surface area (Å²) in [5.41, 5.74) is 8.70. The van der Waals surface area contributed by atoms with Crippen LogP contribution in [0.5, 0.6) is 0 Å². The van der Waals surface area contributed by atoms with Gasteiger partial charge in [0.15, 0.2) is 10.6 Å². The lowest BCUT2D eigenvalue weighted by molar-refractivity contribution is -0.114. The maximum atomic E-state index is 12.7. The molecule has 3 N–H and O–H groups in total. The molecular formula is C17H13N5OS. The first-order chi connectivity index (χ1) is 11.6. The minimum absolute atomic E-state index is 0.163. The number of benzene rings is 2. The number of anilines is 1. The van der Waals surface area contributed by atoms with E-state index in [4.69, 9.17) is 18.0 Å². The molecule has 3 aromatic rings. The minimum atomic E-state index is -0.286. The fraction of sp³-hybridized carbons (Fsp3) is 0. The van der Waals surface area contributed by atoms with Gasteiger partial charge in [-0.15, -0.1) is 5.10 Å². The molecule has 2 heterocycles. The Bertz CT molecular complexity index is 1060. The topological polar surface area (TPSA) is 79.4 Å². The number of carbonyl (C=O) groups excluding carboxylic acids is 1. The first-order valence-electron chi connectivity index (χ1n) is 7.30. The van der Waals surface area contributed by atoms with Crippen molar-refractivity contribution in [2.45, 2.75) is 0 Å². The summed E-state index contributed by atoms with van der Waals surface area (Å²) in [4.78, 5) is 15.8. The van der Waals surface area contributed by atoms with Gasteiger partial charge in [-0.25, -0.2) is 0 Å². The number of nitrogens with zero attached hydrogens (tertiary/aromatic N) is 3. The number of amidine groups is 1. The van der Waals surface area contributed by atoms with E-state index in [0.717, 1.165) is 11.0 Å². The van der Waals surface area contributed by atoms with E-state index in [1.165, 1.54) is 5.01 Å². The van der Waals surface area contributed by atoms with E-state index >= 15 is 0 Å². The molecule has 1 aromatic heterocycles. The highest BCUT2D eigenvalue weighted by Crippen LogP contribution is 2.23. The molecule has 0 atom stereocenters. The number of hydrazone groups is 1. The molecule has 0 spiro atoms. The number of nitrogens with one attached hydrogen (secondary N) is 1. The molecule has 0 radical (unpaired) electrons. The monoisotopic (exact) mass is 335 g/mol. The van der Waals surface area contributed by atoms with E-state index in [1.54, 1.807) is 22.9 Å². The molecule has 1 aliphatic rings. The Morgan fingerprint density at radius 3 is 2.58 bits per heavy atom. The average molecular weight is 335 g/mol. The van der Waals surface area contributed by atoms with Crippen LogP contribution in [0.3, 0.4) is 0 Å². The zero-order valence-electron chi connectivity index (χ0n) is 12.5. The highest BCUT2D eigenvalue weighted by molar-refractivity contribution is 7.71. The normalized spacial score (nSPS) is 16.2. The van der Waals surface area contributed by atoms with Gasteiger partial charge in [0.2, 0.25) is 0 Å². The van der Waals surface area contributed by atoms with Crippen molar-refractivity contribution < 1.29 is 4.79 Å². The molecule has 4 rings (SSSR count). The number of carbonyl (C=O) groups is 1. The van der Waals surface area contributed by atoms with Gasteiger partial charge in [-0.3, -0.25) is 9.36 Å². The summed E-state index contributed by atoms with van der Waals surface area (Å²) in [6.45, 7) is 0. The molecule has 6 nitrogen and oxygen atoms in total. The summed E-state index contributed by atoms with van der Waals surface area (Å²) in [6.07, 6.45) is 1.63. The van der Waals surface area contributed by atoms with Gasteiger partial charge in [0.05, 0.1) is 16.7 Å². The van der Waals surface area contributed by atoms with Gasteiger partial charge in [-0.1, -0.05) is 30.3 Å². The summed E-state index contributed by atoms with van der Waals surface area (Å²) in [5, 5.41) is 5.46. The highest BCUT2D eigenvalue weighted by Gasteiger charge is 2.30. The Hall–Kier alpha value is -3.19. The fourth-order valence-electron chi connectivity index (χ4n) is 2.63. The fourth-order valence-corrected chi connectivity index (χ4v) is 2.89. The van der Waals surface area contributed by atoms with Crippen LogP contribution in [0.25, 0.3) is 17.2 Å². The number of hydrogen-bond acceptors (Lipinski definition) is 4. The van der Waals surface area contributed by atoms with Crippen LogP contribution in [0.2, 0.25) is 0 Å². The van der Waals surface area contributed by atoms with Crippen LogP contribution in [-0.4, -0.2) is 21.3 Å². The van der Waals surface area contributed by atoms with Crippen molar-refractivity contribution in [1.82, 2.24) is 9.55 Å². The lowest BCUT2D eigenvalue weighted by atomic mass is 10.2. The number of hydrogen-bond donors (Lipinski definition) is 2. The number of amides is 1. The van der Waals surface area contributed by atoms with Gasteiger partial charge in [-0.05, 0) is 36.5 Å². The molecule has 0 aliphatic carbocycles. The highest BCUT2D eigenvalue weighted by atomic mass is 32.1. The predicted octanol–water partition coefficient (Wildman–Crippen LogP) is 2.86. The maximum absolute atomic E-state index is 12.7. The van der Waals surface area contributed by atoms with Gasteiger partial charge >= 0.3 is 0 Å². The number of aromatic amines is 1. The van der Waals surface area contributed by atoms with E-state index in [0.29, 0.717) is 16.0 Å². The quantitative estimate of drug-likeness (QED) is 0.558. The van der Waals surface area contributed by atoms with Crippen molar-refractivity contribution in [2.24, 2.45) is 10.8 Å². The van der Waals surface area contributed by atoms with Crippen LogP contribution in [0, 0.1) is 4.77 Å². The van der Waals surface area contributed by atoms with Crippen molar-refractivity contribution in [1.29, 1.82) is 0 Å². The zero-order chi connectivity index (χ0) is 16.7. The van der Waals surface area contributed by atoms with Gasteiger partial charge in [0.1, 0.15) is 5.57 Å². The Morgan fingerprint density at radius 1 is 1.08 bits per heavy atom. The van der Waals surface area contributed by atoms with E-state index in [2.05, 4.69) is 10.1 Å². The second-order valence-corrected chi connectivity index (χ2v) is 5.68. The average Bonchev–Trinajstić information content (AvgIpc) is 3.07. The van der Waals surface area contributed by atoms with Crippen molar-refractivity contribution in [3.63, 3.8) is 0 Å². The number of aromatic nitrogens is 2. The zero-order valence-corrected chi connectivity index (χ0v) is 13.3. The van der Waals surface area contributed by atoms with Gasteiger partial charge in [-0.2, -0.15) is 5.01 Å². The molecule has 0 bridgehead atoms. The van der Waals surface area contributed by atoms with E-state index in [9.17, 15) is 4.79 Å². The molecule has 0 saturated heterocycles. The van der Waals surface area contributed by atoms with Crippen molar-refractivity contribution in [2.75, 3.05) is 5.01 Å². The second kappa shape index (κ2) is 5.47. The first kappa shape index (κ1) is 14.4. The van der Waals surface area contributed by atoms with E-state index < -0.39 is 0 Å². The molecule has 118 valence electrons. The Kier molecular flexibility index (Phi) is 3.28. The van der Waals surface area contributed by atoms with Gasteiger partial charge < -0.3 is 10.7 Å². The first-order valence-corrected chi connectivity index (χ1v) is 7.71. The summed E-state index contributed by atoms with van der Waals surface area (Å²) in [6, 6.07) is 16.8. The summed E-state index contributed by atoms with van der Waals surface area (Å²) < 4.78 is 2.22. The molecule has 0 unspecified atom stereocenters. The van der Waals surface area contributed by atoms with Crippen molar-refractivity contribution >= 4 is 46.9 Å². The maximum Gasteiger partial charge on any atom is 0.284 e. The Balaban J connectivity index is 1.81. The molecule has 1 aliphatic heterocycles. The molecule has 0 saturated carbocycles. The van der Waals surface area contributed by atoms with Gasteiger partial charge in [0, 0.05) is 6.20 Å². The van der Waals surface area contributed by atoms with Crippen LogP contribution >= 0.6 is 12.2 Å². The Labute approximate surface area is 142 Å². The Morgan fingerprint density at radius 2 is 1.79 bits per heavy atom. The van der Waals surface area contributed by atoms with Crippen LogP contribution in [0.15, 0.2) is 65.3 Å². The van der Waals surface area contributed by atoms with Crippen LogP contribution in [0.4, 0.5) is 5.69 Å². The molecule has 0 fully saturated rings. The van der Waals surface area contributed by atoms with Gasteiger partial charge in [0.25, 0.3) is 5.91 Å². The standard InChI is InChI=1S/C17H13N5OS/c18-15-12(16(23)22(20-15)11-6-2-1-3-7-11)10-21-14-9-5-4-8-13(14)19-17(21)24/h1-10H,(H2,18,20)(H,19,24)/b12-10-. The molecular weight excluding hydrogens is 322 g/mol. The molecule has 1 amide bonds. The molecule has 2 aromatic carbocycles. The number of rotatable bonds is 2. The molecule has 7 heteroatoms. The summed E-state index contributed by atoms with van der Waals surface area (Å²) >= 11 is 5.34.